The lowest BCUT2D eigenvalue weighted by Crippen LogP contribution is -2.11. The fraction of sp³-hybridized carbons (Fsp3) is 0.556. The molecule has 1 fully saturated rings. The minimum Gasteiger partial charge on any atom is -0.316 e. The Morgan fingerprint density at radius 1 is 1.58 bits per heavy atom. The van der Waals surface area contributed by atoms with Crippen LogP contribution in [0.5, 0.6) is 0 Å². The zero-order valence-corrected chi connectivity index (χ0v) is 7.61. The van der Waals surface area contributed by atoms with Crippen LogP contribution in [0.3, 0.4) is 0 Å². The fourth-order valence-electron chi connectivity index (χ4n) is 1.73. The second-order valence-corrected chi connectivity index (χ2v) is 4.17. The first kappa shape index (κ1) is 8.20. The van der Waals surface area contributed by atoms with Gasteiger partial charge in [-0.05, 0) is 11.4 Å². The maximum atomic E-state index is 12.5. The highest BCUT2D eigenvalue weighted by molar-refractivity contribution is 7.10. The molecule has 0 radical (unpaired) electrons. The van der Waals surface area contributed by atoms with Gasteiger partial charge in [-0.1, -0.05) is 6.07 Å². The first-order valence-electron chi connectivity index (χ1n) is 4.22. The molecule has 0 unspecified atom stereocenters. The van der Waals surface area contributed by atoms with Gasteiger partial charge in [0.2, 0.25) is 0 Å². The zero-order chi connectivity index (χ0) is 8.39. The minimum absolute atomic E-state index is 0.198. The topological polar surface area (TPSA) is 12.0 Å². The van der Waals surface area contributed by atoms with Gasteiger partial charge in [-0.2, -0.15) is 0 Å². The number of hydrogen-bond acceptors (Lipinski definition) is 2. The molecule has 0 spiro atoms. The van der Waals surface area contributed by atoms with E-state index in [1.165, 1.54) is 4.88 Å². The lowest BCUT2D eigenvalue weighted by molar-refractivity contribution is 0.360. The van der Waals surface area contributed by atoms with Crippen molar-refractivity contribution in [2.75, 3.05) is 19.8 Å². The standard InChI is InChI=1S/C9H12FNS/c10-4-7-5-11-6-8(7)9-2-1-3-12-9/h1-3,7-8,11H,4-6H2/t7-,8-/m1/s1. The molecule has 1 aromatic rings. The van der Waals surface area contributed by atoms with Gasteiger partial charge < -0.3 is 5.32 Å². The van der Waals surface area contributed by atoms with Crippen molar-refractivity contribution < 1.29 is 4.39 Å². The molecule has 2 atom stereocenters. The van der Waals surface area contributed by atoms with Crippen molar-refractivity contribution in [3.63, 3.8) is 0 Å². The Bertz CT molecular complexity index is 235. The summed E-state index contributed by atoms with van der Waals surface area (Å²) in [6.07, 6.45) is 0. The summed E-state index contributed by atoms with van der Waals surface area (Å²) in [6, 6.07) is 4.14. The monoisotopic (exact) mass is 185 g/mol. The molecule has 0 saturated carbocycles. The molecule has 0 aromatic carbocycles. The van der Waals surface area contributed by atoms with E-state index in [4.69, 9.17) is 0 Å². The molecule has 1 aliphatic rings. The molecular formula is C9H12FNS. The molecule has 2 rings (SSSR count). The number of thiophene rings is 1. The molecule has 1 aliphatic heterocycles. The van der Waals surface area contributed by atoms with Gasteiger partial charge in [0.1, 0.15) is 0 Å². The van der Waals surface area contributed by atoms with E-state index in [0.29, 0.717) is 5.92 Å². The van der Waals surface area contributed by atoms with Crippen molar-refractivity contribution in [1.29, 1.82) is 0 Å². The van der Waals surface area contributed by atoms with Crippen LogP contribution >= 0.6 is 11.3 Å². The summed E-state index contributed by atoms with van der Waals surface area (Å²) in [6.45, 7) is 1.57. The molecule has 1 nitrogen and oxygen atoms in total. The summed E-state index contributed by atoms with van der Waals surface area (Å²) in [5.74, 6) is 0.610. The lowest BCUT2D eigenvalue weighted by Gasteiger charge is -2.12. The van der Waals surface area contributed by atoms with Gasteiger partial charge in [0.05, 0.1) is 6.67 Å². The van der Waals surface area contributed by atoms with E-state index in [1.807, 2.05) is 6.07 Å². The van der Waals surface area contributed by atoms with E-state index in [0.717, 1.165) is 13.1 Å². The first-order chi connectivity index (χ1) is 5.92. The SMILES string of the molecule is FC[C@@H]1CNC[C@H]1c1cccs1. The van der Waals surface area contributed by atoms with Crippen molar-refractivity contribution in [2.24, 2.45) is 5.92 Å². The van der Waals surface area contributed by atoms with E-state index < -0.39 is 0 Å². The molecule has 2 heterocycles. The Morgan fingerprint density at radius 3 is 3.17 bits per heavy atom. The maximum Gasteiger partial charge on any atom is 0.0941 e. The van der Waals surface area contributed by atoms with Gasteiger partial charge in [-0.25, -0.2) is 0 Å². The third kappa shape index (κ3) is 1.39. The Kier molecular flexibility index (Phi) is 2.42. The second-order valence-electron chi connectivity index (χ2n) is 3.19. The van der Waals surface area contributed by atoms with Crippen LogP contribution in [-0.2, 0) is 0 Å². The maximum absolute atomic E-state index is 12.5. The second kappa shape index (κ2) is 3.54. The van der Waals surface area contributed by atoms with Crippen molar-refractivity contribution >= 4 is 11.3 Å². The highest BCUT2D eigenvalue weighted by Crippen LogP contribution is 2.31. The smallest absolute Gasteiger partial charge is 0.0941 e. The van der Waals surface area contributed by atoms with Crippen LogP contribution in [-0.4, -0.2) is 19.8 Å². The largest absolute Gasteiger partial charge is 0.316 e. The highest BCUT2D eigenvalue weighted by Gasteiger charge is 2.28. The third-order valence-electron chi connectivity index (χ3n) is 2.45. The quantitative estimate of drug-likeness (QED) is 0.743. The third-order valence-corrected chi connectivity index (χ3v) is 3.45. The van der Waals surface area contributed by atoms with Crippen molar-refractivity contribution in [2.45, 2.75) is 5.92 Å². The predicted octanol–water partition coefficient (Wildman–Crippen LogP) is 2.02. The van der Waals surface area contributed by atoms with Gasteiger partial charge in [0, 0.05) is 29.8 Å². The molecule has 3 heteroatoms. The van der Waals surface area contributed by atoms with E-state index in [-0.39, 0.29) is 12.6 Å². The van der Waals surface area contributed by atoms with Crippen LogP contribution in [0.2, 0.25) is 0 Å². The molecule has 0 amide bonds. The van der Waals surface area contributed by atoms with E-state index >= 15 is 0 Å². The normalized spacial score (nSPS) is 29.4. The van der Waals surface area contributed by atoms with Gasteiger partial charge in [0.25, 0.3) is 0 Å². The van der Waals surface area contributed by atoms with Crippen LogP contribution in [0.25, 0.3) is 0 Å². The lowest BCUT2D eigenvalue weighted by atomic mass is 9.96. The molecule has 0 bridgehead atoms. The van der Waals surface area contributed by atoms with E-state index in [9.17, 15) is 4.39 Å². The Labute approximate surface area is 75.6 Å². The van der Waals surface area contributed by atoms with Crippen molar-refractivity contribution in [3.8, 4) is 0 Å². The molecule has 12 heavy (non-hydrogen) atoms. The van der Waals surface area contributed by atoms with Gasteiger partial charge in [-0.15, -0.1) is 11.3 Å². The summed E-state index contributed by atoms with van der Waals surface area (Å²) in [4.78, 5) is 1.32. The Hall–Kier alpha value is -0.410. The average Bonchev–Trinajstić information content (AvgIpc) is 2.74. The first-order valence-corrected chi connectivity index (χ1v) is 5.10. The summed E-state index contributed by atoms with van der Waals surface area (Å²) >= 11 is 1.73. The van der Waals surface area contributed by atoms with Crippen molar-refractivity contribution in [1.82, 2.24) is 5.32 Å². The Balaban J connectivity index is 2.13. The number of alkyl halides is 1. The molecule has 1 saturated heterocycles. The Morgan fingerprint density at radius 2 is 2.50 bits per heavy atom. The van der Waals surface area contributed by atoms with Crippen LogP contribution in [0.15, 0.2) is 17.5 Å². The minimum atomic E-state index is -0.199. The van der Waals surface area contributed by atoms with Crippen LogP contribution in [0.4, 0.5) is 4.39 Å². The number of hydrogen-bond donors (Lipinski definition) is 1. The predicted molar refractivity (Wildman–Crippen MR) is 49.4 cm³/mol. The summed E-state index contributed by atoms with van der Waals surface area (Å²) in [5.41, 5.74) is 0. The summed E-state index contributed by atoms with van der Waals surface area (Å²) in [7, 11) is 0. The van der Waals surface area contributed by atoms with Crippen LogP contribution in [0, 0.1) is 5.92 Å². The van der Waals surface area contributed by atoms with Crippen LogP contribution < -0.4 is 5.32 Å². The molecule has 1 N–H and O–H groups in total. The van der Waals surface area contributed by atoms with Gasteiger partial charge in [-0.3, -0.25) is 4.39 Å². The number of nitrogens with one attached hydrogen (secondary N) is 1. The van der Waals surface area contributed by atoms with Crippen molar-refractivity contribution in [3.05, 3.63) is 22.4 Å². The van der Waals surface area contributed by atoms with E-state index in [2.05, 4.69) is 16.8 Å². The average molecular weight is 185 g/mol. The number of rotatable bonds is 2. The summed E-state index contributed by atoms with van der Waals surface area (Å²) in [5, 5.41) is 5.29. The van der Waals surface area contributed by atoms with Crippen LogP contribution in [0.1, 0.15) is 10.8 Å². The fourth-order valence-corrected chi connectivity index (χ4v) is 2.65. The van der Waals surface area contributed by atoms with Gasteiger partial charge in [0.15, 0.2) is 0 Å². The van der Waals surface area contributed by atoms with Gasteiger partial charge >= 0.3 is 0 Å². The molecule has 1 aromatic heterocycles. The molecule has 0 aliphatic carbocycles. The highest BCUT2D eigenvalue weighted by atomic mass is 32.1. The summed E-state index contributed by atoms with van der Waals surface area (Å²) < 4.78 is 12.5. The number of halogens is 1. The zero-order valence-electron chi connectivity index (χ0n) is 6.79. The van der Waals surface area contributed by atoms with E-state index in [1.54, 1.807) is 11.3 Å². The molecule has 66 valence electrons. The molecular weight excluding hydrogens is 173 g/mol.